The normalized spacial score (nSPS) is 13.9. The first-order chi connectivity index (χ1) is 14.8. The summed E-state index contributed by atoms with van der Waals surface area (Å²) >= 11 is 1.53. The third-order valence-corrected chi connectivity index (χ3v) is 9.95. The van der Waals surface area contributed by atoms with Gasteiger partial charge in [-0.3, -0.25) is 14.1 Å². The van der Waals surface area contributed by atoms with E-state index in [1.54, 1.807) is 44.4 Å². The molecule has 1 aromatic carbocycles. The second-order valence-electron chi connectivity index (χ2n) is 6.58. The number of imidazole rings is 1. The lowest BCUT2D eigenvalue weighted by Gasteiger charge is -2.20. The number of ether oxygens (including phenoxy) is 1. The lowest BCUT2D eigenvalue weighted by molar-refractivity contribution is 0.222. The Morgan fingerprint density at radius 2 is 1.94 bits per heavy atom. The zero-order valence-electron chi connectivity index (χ0n) is 17.3. The van der Waals surface area contributed by atoms with Crippen LogP contribution in [0.5, 0.6) is 5.75 Å². The molecule has 1 atom stereocenters. The van der Waals surface area contributed by atoms with Crippen LogP contribution >= 0.6 is 26.7 Å². The van der Waals surface area contributed by atoms with Crippen LogP contribution in [0.4, 0.5) is 0 Å². The van der Waals surface area contributed by atoms with Crippen molar-refractivity contribution in [3.8, 4) is 5.75 Å². The first-order valence-electron chi connectivity index (χ1n) is 9.66. The molecule has 9 nitrogen and oxygen atoms in total. The Kier molecular flexibility index (Phi) is 8.33. The average Bonchev–Trinajstić information content (AvgIpc) is 3.14. The fraction of sp³-hybridized carbons (Fsp3) is 0.368. The summed E-state index contributed by atoms with van der Waals surface area (Å²) in [6, 6.07) is 9.07. The molecular formula is C19H25N3O6P2S. The van der Waals surface area contributed by atoms with Gasteiger partial charge in [0, 0.05) is 11.9 Å². The molecule has 0 saturated carbocycles. The van der Waals surface area contributed by atoms with Crippen LogP contribution in [0.1, 0.15) is 19.4 Å². The molecule has 0 aliphatic heterocycles. The molecule has 0 aliphatic rings. The second kappa shape index (κ2) is 10.8. The smallest absolute Gasteiger partial charge is 0.340 e. The van der Waals surface area contributed by atoms with Crippen LogP contribution in [0.15, 0.2) is 47.9 Å². The van der Waals surface area contributed by atoms with Gasteiger partial charge in [0.2, 0.25) is 7.37 Å². The highest BCUT2D eigenvalue weighted by molar-refractivity contribution is 7.98. The second-order valence-corrected chi connectivity index (χ2v) is 12.4. The van der Waals surface area contributed by atoms with Crippen molar-refractivity contribution in [2.24, 2.45) is 0 Å². The van der Waals surface area contributed by atoms with E-state index in [-0.39, 0.29) is 13.2 Å². The van der Waals surface area contributed by atoms with Gasteiger partial charge in [-0.25, -0.2) is 4.98 Å². The molecule has 3 rings (SSSR count). The molecule has 0 aliphatic carbocycles. The van der Waals surface area contributed by atoms with Crippen molar-refractivity contribution in [1.29, 1.82) is 0 Å². The van der Waals surface area contributed by atoms with Gasteiger partial charge in [0.25, 0.3) is 0 Å². The molecule has 0 radical (unpaired) electrons. The quantitative estimate of drug-likeness (QED) is 0.267. The zero-order valence-corrected chi connectivity index (χ0v) is 19.9. The number of aromatic amines is 1. The van der Waals surface area contributed by atoms with Crippen molar-refractivity contribution in [3.63, 3.8) is 0 Å². The van der Waals surface area contributed by atoms with Gasteiger partial charge in [0.15, 0.2) is 11.5 Å². The highest BCUT2D eigenvalue weighted by Crippen LogP contribution is 2.60. The van der Waals surface area contributed by atoms with E-state index in [4.69, 9.17) is 13.8 Å². The molecule has 2 heterocycles. The van der Waals surface area contributed by atoms with Crippen molar-refractivity contribution in [3.05, 3.63) is 48.3 Å². The van der Waals surface area contributed by atoms with E-state index in [0.717, 1.165) is 21.8 Å². The average molecular weight is 485 g/mol. The molecule has 2 aromatic heterocycles. The summed E-state index contributed by atoms with van der Waals surface area (Å²) in [5.74, 6) is 0.493. The lowest BCUT2D eigenvalue weighted by atomic mass is 10.2. The van der Waals surface area contributed by atoms with E-state index in [2.05, 4.69) is 15.0 Å². The van der Waals surface area contributed by atoms with E-state index in [0.29, 0.717) is 11.5 Å². The summed E-state index contributed by atoms with van der Waals surface area (Å²) in [4.78, 5) is 22.0. The van der Waals surface area contributed by atoms with Crippen molar-refractivity contribution in [2.75, 3.05) is 25.5 Å². The van der Waals surface area contributed by atoms with Gasteiger partial charge in [-0.05, 0) is 37.6 Å². The summed E-state index contributed by atoms with van der Waals surface area (Å²) in [6.07, 6.45) is 2.94. The number of nitrogens with one attached hydrogen (secondary N) is 1. The fourth-order valence-corrected chi connectivity index (χ4v) is 7.96. The van der Waals surface area contributed by atoms with Gasteiger partial charge >= 0.3 is 7.60 Å². The highest BCUT2D eigenvalue weighted by Gasteiger charge is 2.35. The van der Waals surface area contributed by atoms with E-state index in [9.17, 15) is 14.0 Å². The minimum absolute atomic E-state index is 0.125. The van der Waals surface area contributed by atoms with E-state index < -0.39 is 27.2 Å². The number of fused-ring (bicyclic) bond motifs is 1. The molecule has 2 N–H and O–H groups in total. The standard InChI is InChI=1S/C19H25N3O6P2S/c1-3-27-30(25,28-4-2)14-29(23,24)13-26-16-7-5-6-15(10-16)12-31-19-21-17-8-9-20-11-18(17)22-19/h5-11H,3-4,12-14H2,1-2H3,(H,21,22)(H,23,24). The maximum Gasteiger partial charge on any atom is 0.340 e. The largest absolute Gasteiger partial charge is 0.483 e. The minimum Gasteiger partial charge on any atom is -0.483 e. The fourth-order valence-electron chi connectivity index (χ4n) is 2.78. The molecule has 0 bridgehead atoms. The van der Waals surface area contributed by atoms with Gasteiger partial charge in [0.05, 0.1) is 30.4 Å². The van der Waals surface area contributed by atoms with Crippen LogP contribution in [0.3, 0.4) is 0 Å². The summed E-state index contributed by atoms with van der Waals surface area (Å²) in [5, 5.41) is 0.775. The van der Waals surface area contributed by atoms with E-state index in [1.165, 1.54) is 11.8 Å². The Balaban J connectivity index is 1.58. The number of aromatic nitrogens is 3. The number of rotatable bonds is 12. The lowest BCUT2D eigenvalue weighted by Crippen LogP contribution is -2.06. The molecule has 0 spiro atoms. The topological polar surface area (TPSA) is 124 Å². The molecule has 31 heavy (non-hydrogen) atoms. The van der Waals surface area contributed by atoms with Crippen LogP contribution in [-0.4, -0.2) is 45.3 Å². The van der Waals surface area contributed by atoms with Crippen LogP contribution in [0, 0.1) is 0 Å². The van der Waals surface area contributed by atoms with E-state index in [1.807, 2.05) is 12.1 Å². The maximum absolute atomic E-state index is 12.5. The number of hydrogen-bond acceptors (Lipinski definition) is 8. The Morgan fingerprint density at radius 3 is 2.65 bits per heavy atom. The van der Waals surface area contributed by atoms with Crippen LogP contribution in [0.25, 0.3) is 11.0 Å². The molecule has 3 aromatic rings. The Hall–Kier alpha value is -1.67. The Morgan fingerprint density at radius 1 is 1.16 bits per heavy atom. The number of nitrogens with zero attached hydrogens (tertiary/aromatic N) is 2. The Labute approximate surface area is 184 Å². The van der Waals surface area contributed by atoms with Gasteiger partial charge in [0.1, 0.15) is 11.7 Å². The maximum atomic E-state index is 12.5. The van der Waals surface area contributed by atoms with Gasteiger partial charge < -0.3 is 23.7 Å². The SMILES string of the molecule is CCOP(=O)(CP(=O)(O)COc1cccc(CSc2nc3ccncc3[nH]2)c1)OCC. The predicted octanol–water partition coefficient (Wildman–Crippen LogP) is 5.08. The van der Waals surface area contributed by atoms with Crippen molar-refractivity contribution in [1.82, 2.24) is 15.0 Å². The molecule has 0 amide bonds. The molecule has 168 valence electrons. The first-order valence-corrected chi connectivity index (χ1v) is 14.4. The third-order valence-electron chi connectivity index (χ3n) is 4.01. The Bertz CT molecular complexity index is 1070. The van der Waals surface area contributed by atoms with E-state index >= 15 is 0 Å². The summed E-state index contributed by atoms with van der Waals surface area (Å²) in [6.45, 7) is 3.55. The molecular weight excluding hydrogens is 460 g/mol. The molecule has 0 fully saturated rings. The number of hydrogen-bond donors (Lipinski definition) is 2. The van der Waals surface area contributed by atoms with Gasteiger partial charge in [-0.2, -0.15) is 0 Å². The highest BCUT2D eigenvalue weighted by atomic mass is 32.2. The van der Waals surface area contributed by atoms with Crippen molar-refractivity contribution >= 4 is 37.8 Å². The van der Waals surface area contributed by atoms with Crippen LogP contribution in [-0.2, 0) is 23.9 Å². The predicted molar refractivity (Wildman–Crippen MR) is 121 cm³/mol. The molecule has 0 saturated heterocycles. The first kappa shape index (κ1) is 24.0. The van der Waals surface area contributed by atoms with Crippen LogP contribution < -0.4 is 4.74 Å². The summed E-state index contributed by atoms with van der Waals surface area (Å²) in [5.41, 5.74) is 2.69. The number of pyridine rings is 1. The van der Waals surface area contributed by atoms with Crippen molar-refractivity contribution < 1.29 is 27.8 Å². The molecule has 1 unspecified atom stereocenters. The number of H-pyrrole nitrogens is 1. The third kappa shape index (κ3) is 7.17. The number of thioether (sulfide) groups is 1. The zero-order chi connectivity index (χ0) is 22.3. The minimum atomic E-state index is -3.90. The summed E-state index contributed by atoms with van der Waals surface area (Å²) < 4.78 is 40.8. The number of benzene rings is 1. The monoisotopic (exact) mass is 485 g/mol. The van der Waals surface area contributed by atoms with Crippen molar-refractivity contribution in [2.45, 2.75) is 24.8 Å². The molecule has 12 heteroatoms. The van der Waals surface area contributed by atoms with Crippen LogP contribution in [0.2, 0.25) is 0 Å². The van der Waals surface area contributed by atoms with Gasteiger partial charge in [-0.15, -0.1) is 0 Å². The van der Waals surface area contributed by atoms with Gasteiger partial charge in [-0.1, -0.05) is 23.9 Å². The summed E-state index contributed by atoms with van der Waals surface area (Å²) in [7, 11) is -7.54.